The molecule has 0 saturated carbocycles. The summed E-state index contributed by atoms with van der Waals surface area (Å²) in [5.41, 5.74) is 2.42. The third-order valence-electron chi connectivity index (χ3n) is 7.47. The van der Waals surface area contributed by atoms with Crippen molar-refractivity contribution in [2.75, 3.05) is 31.2 Å². The van der Waals surface area contributed by atoms with Crippen LogP contribution in [0, 0.1) is 29.1 Å². The van der Waals surface area contributed by atoms with E-state index in [2.05, 4.69) is 28.2 Å². The molecule has 0 bridgehead atoms. The zero-order valence-corrected chi connectivity index (χ0v) is 24.2. The fourth-order valence-corrected chi connectivity index (χ4v) is 5.91. The molecule has 0 spiro atoms. The van der Waals surface area contributed by atoms with Gasteiger partial charge in [-0.1, -0.05) is 12.0 Å². The van der Waals surface area contributed by atoms with Crippen molar-refractivity contribution in [2.24, 2.45) is 5.92 Å². The second-order valence-corrected chi connectivity index (χ2v) is 13.1. The normalized spacial score (nSPS) is 15.3. The fraction of sp³-hybridized carbons (Fsp3) is 0.467. The van der Waals surface area contributed by atoms with Crippen molar-refractivity contribution in [1.82, 2.24) is 13.9 Å². The molecule has 11 heteroatoms. The predicted octanol–water partition coefficient (Wildman–Crippen LogP) is 5.47. The van der Waals surface area contributed by atoms with Crippen LogP contribution in [0.4, 0.5) is 18.9 Å². The van der Waals surface area contributed by atoms with Gasteiger partial charge in [-0.05, 0) is 87.3 Å². The lowest BCUT2D eigenvalue weighted by molar-refractivity contribution is -0.140. The second-order valence-electron chi connectivity index (χ2n) is 11.1. The first kappa shape index (κ1) is 30.4. The number of pyridine rings is 1. The molecule has 3 aromatic rings. The Kier molecular flexibility index (Phi) is 9.00. The first-order valence-corrected chi connectivity index (χ1v) is 15.3. The summed E-state index contributed by atoms with van der Waals surface area (Å²) < 4.78 is 66.5. The molecule has 3 heterocycles. The molecule has 0 radical (unpaired) electrons. The second kappa shape index (κ2) is 12.1. The van der Waals surface area contributed by atoms with Crippen molar-refractivity contribution < 1.29 is 21.6 Å². The zero-order chi connectivity index (χ0) is 29.8. The van der Waals surface area contributed by atoms with Gasteiger partial charge in [0, 0.05) is 24.0 Å². The van der Waals surface area contributed by atoms with E-state index in [0.29, 0.717) is 41.3 Å². The van der Waals surface area contributed by atoms with Crippen molar-refractivity contribution in [2.45, 2.75) is 57.7 Å². The van der Waals surface area contributed by atoms with Gasteiger partial charge in [0.05, 0.1) is 47.6 Å². The highest BCUT2D eigenvalue weighted by atomic mass is 32.2. The Bertz CT molecular complexity index is 1590. The van der Waals surface area contributed by atoms with Crippen molar-refractivity contribution in [3.05, 3.63) is 59.5 Å². The number of benzene rings is 1. The number of nitrogens with one attached hydrogen (secondary N) is 1. The van der Waals surface area contributed by atoms with E-state index >= 15 is 0 Å². The highest BCUT2D eigenvalue weighted by Crippen LogP contribution is 2.28. The minimum Gasteiger partial charge on any atom is -0.373 e. The molecule has 1 aliphatic rings. The number of nitrogens with zero attached hydrogens (tertiary/aromatic N) is 4. The van der Waals surface area contributed by atoms with Crippen LogP contribution < -0.4 is 5.32 Å². The number of hydrogen-bond donors (Lipinski definition) is 1. The Morgan fingerprint density at radius 3 is 2.46 bits per heavy atom. The van der Waals surface area contributed by atoms with E-state index in [-0.39, 0.29) is 12.2 Å². The SMILES string of the molecule is CC(C)(C#N)c1ccc(NCC#Cc2cc3cc(CCC4CCN(S(C)(=O)=O)CC4)ccc3n2CC(F)(F)F)cn1. The van der Waals surface area contributed by atoms with Crippen LogP contribution in [0.1, 0.15) is 50.1 Å². The predicted molar refractivity (Wildman–Crippen MR) is 154 cm³/mol. The number of hydrogen-bond acceptors (Lipinski definition) is 5. The highest BCUT2D eigenvalue weighted by molar-refractivity contribution is 7.88. The minimum atomic E-state index is -4.40. The van der Waals surface area contributed by atoms with Gasteiger partial charge >= 0.3 is 6.18 Å². The zero-order valence-electron chi connectivity index (χ0n) is 23.4. The average Bonchev–Trinajstić information content (AvgIpc) is 3.24. The number of alkyl halides is 3. The number of aromatic nitrogens is 2. The summed E-state index contributed by atoms with van der Waals surface area (Å²) in [6, 6.07) is 13.0. The summed E-state index contributed by atoms with van der Waals surface area (Å²) in [5, 5.41) is 13.1. The standard InChI is InChI=1S/C30H34F3N5O2S/c1-29(2,20-34)28-11-9-25(19-36-28)35-14-4-5-26-18-24-17-23(8-10-27(24)38(26)21-30(31,32)33)7-6-22-12-15-37(16-13-22)41(3,39)40/h8-11,17-19,22,35H,6-7,12-16,21H2,1-3H3. The van der Waals surface area contributed by atoms with Gasteiger partial charge in [0.25, 0.3) is 0 Å². The Balaban J connectivity index is 1.44. The van der Waals surface area contributed by atoms with Crippen molar-refractivity contribution in [3.63, 3.8) is 0 Å². The molecule has 218 valence electrons. The van der Waals surface area contributed by atoms with Crippen LogP contribution in [-0.2, 0) is 28.4 Å². The van der Waals surface area contributed by atoms with Gasteiger partial charge in [0.2, 0.25) is 10.0 Å². The smallest absolute Gasteiger partial charge is 0.373 e. The summed E-state index contributed by atoms with van der Waals surface area (Å²) in [4.78, 5) is 4.32. The first-order chi connectivity index (χ1) is 19.2. The van der Waals surface area contributed by atoms with E-state index in [1.165, 1.54) is 15.1 Å². The van der Waals surface area contributed by atoms with Gasteiger partial charge < -0.3 is 9.88 Å². The highest BCUT2D eigenvalue weighted by Gasteiger charge is 2.30. The number of anilines is 1. The summed E-state index contributed by atoms with van der Waals surface area (Å²) in [6.45, 7) is 3.70. The van der Waals surface area contributed by atoms with Gasteiger partial charge in [-0.25, -0.2) is 12.7 Å². The summed E-state index contributed by atoms with van der Waals surface area (Å²) >= 11 is 0. The van der Waals surface area contributed by atoms with Crippen molar-refractivity contribution in [3.8, 4) is 17.9 Å². The van der Waals surface area contributed by atoms with E-state index < -0.39 is 28.2 Å². The summed E-state index contributed by atoms with van der Waals surface area (Å²) in [5.74, 6) is 6.22. The van der Waals surface area contributed by atoms with Gasteiger partial charge in [-0.2, -0.15) is 18.4 Å². The van der Waals surface area contributed by atoms with Crippen LogP contribution >= 0.6 is 0 Å². The quantitative estimate of drug-likeness (QED) is 0.354. The van der Waals surface area contributed by atoms with Crippen LogP contribution in [0.3, 0.4) is 0 Å². The molecule has 0 unspecified atom stereocenters. The van der Waals surface area contributed by atoms with E-state index in [0.717, 1.165) is 31.2 Å². The molecule has 7 nitrogen and oxygen atoms in total. The number of sulfonamides is 1. The van der Waals surface area contributed by atoms with Crippen LogP contribution in [0.2, 0.25) is 0 Å². The van der Waals surface area contributed by atoms with E-state index in [4.69, 9.17) is 0 Å². The van der Waals surface area contributed by atoms with Crippen LogP contribution in [0.15, 0.2) is 42.6 Å². The van der Waals surface area contributed by atoms with E-state index in [9.17, 15) is 26.9 Å². The molecule has 1 aromatic carbocycles. The minimum absolute atomic E-state index is 0.208. The molecule has 1 fully saturated rings. The van der Waals surface area contributed by atoms with Crippen LogP contribution in [0.25, 0.3) is 10.9 Å². The molecule has 41 heavy (non-hydrogen) atoms. The van der Waals surface area contributed by atoms with E-state index in [1.807, 2.05) is 12.1 Å². The van der Waals surface area contributed by atoms with E-state index in [1.54, 1.807) is 44.3 Å². The maximum absolute atomic E-state index is 13.4. The summed E-state index contributed by atoms with van der Waals surface area (Å²) in [6.07, 6.45) is 1.73. The number of fused-ring (bicyclic) bond motifs is 1. The molecule has 2 aromatic heterocycles. The molecule has 1 N–H and O–H groups in total. The molecule has 1 aliphatic heterocycles. The molecule has 0 aliphatic carbocycles. The van der Waals surface area contributed by atoms with Gasteiger partial charge in [0.15, 0.2) is 0 Å². The van der Waals surface area contributed by atoms with Crippen molar-refractivity contribution in [1.29, 1.82) is 5.26 Å². The van der Waals surface area contributed by atoms with Crippen LogP contribution in [0.5, 0.6) is 0 Å². The number of nitriles is 1. The third kappa shape index (κ3) is 8.02. The van der Waals surface area contributed by atoms with Gasteiger partial charge in [-0.15, -0.1) is 0 Å². The molecular formula is C30H34F3N5O2S. The molecule has 0 amide bonds. The Morgan fingerprint density at radius 1 is 1.12 bits per heavy atom. The maximum atomic E-state index is 13.4. The van der Waals surface area contributed by atoms with Gasteiger partial charge in [0.1, 0.15) is 6.54 Å². The fourth-order valence-electron chi connectivity index (χ4n) is 5.04. The lowest BCUT2D eigenvalue weighted by Gasteiger charge is -2.30. The largest absolute Gasteiger partial charge is 0.406 e. The molecular weight excluding hydrogens is 551 g/mol. The third-order valence-corrected chi connectivity index (χ3v) is 8.77. The number of halogens is 3. The number of aryl methyl sites for hydroxylation is 1. The first-order valence-electron chi connectivity index (χ1n) is 13.5. The van der Waals surface area contributed by atoms with Crippen LogP contribution in [-0.4, -0.2) is 54.3 Å². The average molecular weight is 586 g/mol. The molecule has 1 saturated heterocycles. The number of piperidine rings is 1. The Hall–Kier alpha value is -3.54. The summed E-state index contributed by atoms with van der Waals surface area (Å²) in [7, 11) is -3.16. The lowest BCUT2D eigenvalue weighted by atomic mass is 9.91. The Labute approximate surface area is 239 Å². The molecule has 0 atom stereocenters. The van der Waals surface area contributed by atoms with Gasteiger partial charge in [-0.3, -0.25) is 4.98 Å². The number of rotatable bonds is 8. The maximum Gasteiger partial charge on any atom is 0.406 e. The van der Waals surface area contributed by atoms with Crippen molar-refractivity contribution >= 4 is 26.6 Å². The molecule has 4 rings (SSSR count). The lowest BCUT2D eigenvalue weighted by Crippen LogP contribution is -2.37. The Morgan fingerprint density at radius 2 is 1.85 bits per heavy atom. The monoisotopic (exact) mass is 585 g/mol. The topological polar surface area (TPSA) is 91.0 Å².